The lowest BCUT2D eigenvalue weighted by Gasteiger charge is -2.36. The van der Waals surface area contributed by atoms with Gasteiger partial charge in [-0.1, -0.05) is 30.3 Å². The van der Waals surface area contributed by atoms with Crippen molar-refractivity contribution in [3.8, 4) is 11.5 Å². The second-order valence-electron chi connectivity index (χ2n) is 7.81. The van der Waals surface area contributed by atoms with E-state index in [1.807, 2.05) is 29.2 Å². The van der Waals surface area contributed by atoms with Gasteiger partial charge in [0.25, 0.3) is 5.91 Å². The van der Waals surface area contributed by atoms with Gasteiger partial charge in [-0.3, -0.25) is 4.79 Å². The van der Waals surface area contributed by atoms with E-state index >= 15 is 0 Å². The first kappa shape index (κ1) is 18.3. The summed E-state index contributed by atoms with van der Waals surface area (Å²) in [5, 5.41) is 20.8. The molecule has 3 N–H and O–H groups in total. The molecule has 5 nitrogen and oxygen atoms in total. The second kappa shape index (κ2) is 6.95. The van der Waals surface area contributed by atoms with Crippen LogP contribution in [0.1, 0.15) is 38.8 Å². The Morgan fingerprint density at radius 2 is 1.80 bits per heavy atom. The third-order valence-corrected chi connectivity index (χ3v) is 5.95. The lowest BCUT2D eigenvalue weighted by Crippen LogP contribution is -2.40. The molecule has 150 valence electrons. The fourth-order valence-electron chi connectivity index (χ4n) is 4.42. The quantitative estimate of drug-likeness (QED) is 0.459. The number of aryl methyl sites for hydroxylation is 1. The minimum absolute atomic E-state index is 0.0829. The number of nitrogens with one attached hydrogen (secondary N) is 1. The van der Waals surface area contributed by atoms with Crippen LogP contribution < -0.4 is 0 Å². The summed E-state index contributed by atoms with van der Waals surface area (Å²) in [6, 6.07) is 19.9. The number of hydrogen-bond donors (Lipinski definition) is 3. The molecule has 1 aliphatic heterocycles. The monoisotopic (exact) mass is 398 g/mol. The van der Waals surface area contributed by atoms with Crippen LogP contribution in [0.25, 0.3) is 10.9 Å². The summed E-state index contributed by atoms with van der Waals surface area (Å²) in [7, 11) is 0. The number of phenols is 2. The highest BCUT2D eigenvalue weighted by atomic mass is 16.3. The molecule has 0 bridgehead atoms. The van der Waals surface area contributed by atoms with Gasteiger partial charge < -0.3 is 20.1 Å². The van der Waals surface area contributed by atoms with Gasteiger partial charge in [-0.2, -0.15) is 0 Å². The molecular weight excluding hydrogens is 376 g/mol. The minimum Gasteiger partial charge on any atom is -0.508 e. The van der Waals surface area contributed by atoms with Crippen molar-refractivity contribution in [3.05, 3.63) is 94.7 Å². The number of H-pyrrole nitrogens is 1. The van der Waals surface area contributed by atoms with E-state index in [1.54, 1.807) is 37.3 Å². The highest BCUT2D eigenvalue weighted by Gasteiger charge is 2.35. The van der Waals surface area contributed by atoms with E-state index in [2.05, 4.69) is 17.1 Å². The normalized spacial score (nSPS) is 15.9. The zero-order valence-corrected chi connectivity index (χ0v) is 16.6. The van der Waals surface area contributed by atoms with Crippen molar-refractivity contribution in [2.24, 2.45) is 0 Å². The van der Waals surface area contributed by atoms with Crippen LogP contribution in [0.5, 0.6) is 11.5 Å². The fourth-order valence-corrected chi connectivity index (χ4v) is 4.42. The molecule has 1 aliphatic rings. The molecule has 1 atom stereocenters. The predicted molar refractivity (Wildman–Crippen MR) is 116 cm³/mol. The van der Waals surface area contributed by atoms with Crippen molar-refractivity contribution in [2.45, 2.75) is 19.4 Å². The van der Waals surface area contributed by atoms with Crippen molar-refractivity contribution in [1.82, 2.24) is 9.88 Å². The average molecular weight is 398 g/mol. The molecule has 0 spiro atoms. The number of aromatic hydroxyl groups is 2. The number of aromatic nitrogens is 1. The number of benzene rings is 3. The molecule has 1 aromatic heterocycles. The maximum atomic E-state index is 13.5. The van der Waals surface area contributed by atoms with Crippen molar-refractivity contribution < 1.29 is 15.0 Å². The van der Waals surface area contributed by atoms with Gasteiger partial charge in [-0.15, -0.1) is 0 Å². The Morgan fingerprint density at radius 1 is 1.03 bits per heavy atom. The van der Waals surface area contributed by atoms with Gasteiger partial charge >= 0.3 is 0 Å². The Balaban J connectivity index is 1.65. The Labute approximate surface area is 174 Å². The van der Waals surface area contributed by atoms with Gasteiger partial charge in [0, 0.05) is 28.7 Å². The van der Waals surface area contributed by atoms with Crippen molar-refractivity contribution >= 4 is 16.8 Å². The lowest BCUT2D eigenvalue weighted by atomic mass is 9.91. The lowest BCUT2D eigenvalue weighted by molar-refractivity contribution is 0.0692. The van der Waals surface area contributed by atoms with Crippen molar-refractivity contribution in [3.63, 3.8) is 0 Å². The maximum Gasteiger partial charge on any atom is 0.254 e. The number of amides is 1. The van der Waals surface area contributed by atoms with Crippen LogP contribution in [0.3, 0.4) is 0 Å². The number of para-hydroxylation sites is 1. The van der Waals surface area contributed by atoms with E-state index in [4.69, 9.17) is 0 Å². The summed E-state index contributed by atoms with van der Waals surface area (Å²) in [5.41, 5.74) is 5.45. The maximum absolute atomic E-state index is 13.5. The molecular formula is C25H22N2O3. The molecule has 0 aliphatic carbocycles. The molecule has 0 saturated carbocycles. The van der Waals surface area contributed by atoms with E-state index in [-0.39, 0.29) is 23.4 Å². The summed E-state index contributed by atoms with van der Waals surface area (Å²) in [6.45, 7) is 2.37. The predicted octanol–water partition coefficient (Wildman–Crippen LogP) is 4.68. The van der Waals surface area contributed by atoms with Gasteiger partial charge in [-0.05, 0) is 66.4 Å². The van der Waals surface area contributed by atoms with Crippen LogP contribution in [-0.2, 0) is 6.42 Å². The number of carbonyl (C=O) groups is 1. The summed E-state index contributed by atoms with van der Waals surface area (Å²) in [4.78, 5) is 18.9. The summed E-state index contributed by atoms with van der Waals surface area (Å²) in [5.74, 6) is 0.289. The van der Waals surface area contributed by atoms with Crippen LogP contribution in [0.2, 0.25) is 0 Å². The highest BCUT2D eigenvalue weighted by molar-refractivity contribution is 5.96. The number of carbonyl (C=O) groups excluding carboxylic acids is 1. The van der Waals surface area contributed by atoms with E-state index in [1.165, 1.54) is 10.9 Å². The molecule has 5 heteroatoms. The Kier molecular flexibility index (Phi) is 4.24. The van der Waals surface area contributed by atoms with Crippen LogP contribution in [0, 0.1) is 6.92 Å². The number of phenolic OH excluding ortho intramolecular Hbond substituents is 2. The highest BCUT2D eigenvalue weighted by Crippen LogP contribution is 2.39. The second-order valence-corrected chi connectivity index (χ2v) is 7.81. The van der Waals surface area contributed by atoms with Crippen molar-refractivity contribution in [2.75, 3.05) is 6.54 Å². The fraction of sp³-hybridized carbons (Fsp3) is 0.160. The number of fused-ring (bicyclic) bond motifs is 3. The first-order valence-corrected chi connectivity index (χ1v) is 10.0. The largest absolute Gasteiger partial charge is 0.508 e. The molecule has 30 heavy (non-hydrogen) atoms. The molecule has 0 saturated heterocycles. The van der Waals surface area contributed by atoms with E-state index in [0.29, 0.717) is 17.7 Å². The number of hydrogen-bond acceptors (Lipinski definition) is 3. The standard InChI is InChI=1S/C25H22N2O3/c1-15-14-17(8-11-22(15)29)25(30)27-13-12-20-19-4-2-3-5-21(19)26-23(20)24(27)16-6-9-18(28)10-7-16/h2-11,14,24,26,28-29H,12-13H2,1H3. The summed E-state index contributed by atoms with van der Waals surface area (Å²) in [6.07, 6.45) is 0.761. The molecule has 1 amide bonds. The Morgan fingerprint density at radius 3 is 2.57 bits per heavy atom. The van der Waals surface area contributed by atoms with Crippen LogP contribution in [-0.4, -0.2) is 32.5 Å². The molecule has 0 fully saturated rings. The first-order chi connectivity index (χ1) is 14.5. The number of aromatic amines is 1. The van der Waals surface area contributed by atoms with Crippen LogP contribution in [0.15, 0.2) is 66.7 Å². The van der Waals surface area contributed by atoms with Gasteiger partial charge in [0.2, 0.25) is 0 Å². The average Bonchev–Trinajstić information content (AvgIpc) is 3.14. The Bertz CT molecular complexity index is 1260. The Hall–Kier alpha value is -3.73. The van der Waals surface area contributed by atoms with Crippen LogP contribution >= 0.6 is 0 Å². The first-order valence-electron chi connectivity index (χ1n) is 10.0. The number of rotatable bonds is 2. The third kappa shape index (κ3) is 2.90. The molecule has 0 radical (unpaired) electrons. The summed E-state index contributed by atoms with van der Waals surface area (Å²) >= 11 is 0. The van der Waals surface area contributed by atoms with Gasteiger partial charge in [-0.25, -0.2) is 0 Å². The zero-order chi connectivity index (χ0) is 20.8. The van der Waals surface area contributed by atoms with Gasteiger partial charge in [0.05, 0.1) is 6.04 Å². The minimum atomic E-state index is -0.289. The zero-order valence-electron chi connectivity index (χ0n) is 16.6. The van der Waals surface area contributed by atoms with E-state index in [0.717, 1.165) is 23.2 Å². The smallest absolute Gasteiger partial charge is 0.254 e. The van der Waals surface area contributed by atoms with Crippen molar-refractivity contribution in [1.29, 1.82) is 0 Å². The molecule has 4 aromatic rings. The van der Waals surface area contributed by atoms with E-state index in [9.17, 15) is 15.0 Å². The van der Waals surface area contributed by atoms with E-state index < -0.39 is 0 Å². The SMILES string of the molecule is Cc1cc(C(=O)N2CCc3c([nH]c4ccccc34)C2c2ccc(O)cc2)ccc1O. The van der Waals surface area contributed by atoms with Gasteiger partial charge in [0.1, 0.15) is 11.5 Å². The molecule has 5 rings (SSSR count). The third-order valence-electron chi connectivity index (χ3n) is 5.95. The molecule has 2 heterocycles. The van der Waals surface area contributed by atoms with Crippen LogP contribution in [0.4, 0.5) is 0 Å². The number of nitrogens with zero attached hydrogens (tertiary/aromatic N) is 1. The topological polar surface area (TPSA) is 76.6 Å². The molecule has 3 aromatic carbocycles. The summed E-state index contributed by atoms with van der Waals surface area (Å²) < 4.78 is 0. The molecule has 1 unspecified atom stereocenters. The van der Waals surface area contributed by atoms with Gasteiger partial charge in [0.15, 0.2) is 0 Å².